The second kappa shape index (κ2) is 5.32. The van der Waals surface area contributed by atoms with Crippen LogP contribution in [0, 0.1) is 45.8 Å². The Morgan fingerprint density at radius 2 is 2.00 bits per heavy atom. The van der Waals surface area contributed by atoms with E-state index in [1.54, 1.807) is 0 Å². The van der Waals surface area contributed by atoms with Gasteiger partial charge < -0.3 is 0 Å². The summed E-state index contributed by atoms with van der Waals surface area (Å²) in [6.07, 6.45) is 12.0. The van der Waals surface area contributed by atoms with E-state index in [1.165, 1.54) is 30.4 Å². The number of nitrogens with zero attached hydrogens (tertiary/aromatic N) is 1. The second-order valence-electron chi connectivity index (χ2n) is 9.30. The maximum atomic E-state index is 12.2. The van der Waals surface area contributed by atoms with Crippen LogP contribution in [0.25, 0.3) is 0 Å². The molecule has 4 aliphatic rings. The van der Waals surface area contributed by atoms with Gasteiger partial charge >= 0.3 is 0 Å². The van der Waals surface area contributed by atoms with Gasteiger partial charge in [-0.2, -0.15) is 5.26 Å². The number of ketones is 1. The molecule has 2 nitrogen and oxygen atoms in total. The maximum absolute atomic E-state index is 12.2. The minimum absolute atomic E-state index is 0.219. The number of rotatable bonds is 0. The van der Waals surface area contributed by atoms with Crippen LogP contribution in [0.3, 0.4) is 0 Å². The van der Waals surface area contributed by atoms with E-state index in [2.05, 4.69) is 32.9 Å². The monoisotopic (exact) mass is 323 g/mol. The third kappa shape index (κ3) is 2.03. The molecule has 0 aromatic rings. The number of nitriles is 1. The molecule has 128 valence electrons. The molecular formula is C22H29NO. The fourth-order valence-corrected chi connectivity index (χ4v) is 6.99. The number of fused-ring (bicyclic) bond motifs is 5. The molecule has 4 rings (SSSR count). The Labute approximate surface area is 146 Å². The fourth-order valence-electron chi connectivity index (χ4n) is 6.99. The number of carbonyl (C=O) groups excluding carboxylic acids is 1. The Bertz CT molecular complexity index is 681. The van der Waals surface area contributed by atoms with Crippen LogP contribution in [0.4, 0.5) is 0 Å². The van der Waals surface area contributed by atoms with Crippen molar-refractivity contribution in [2.75, 3.05) is 0 Å². The molecule has 0 aromatic heterocycles. The molecule has 6 atom stereocenters. The Morgan fingerprint density at radius 3 is 2.75 bits per heavy atom. The first-order chi connectivity index (χ1) is 11.4. The number of hydrogen-bond acceptors (Lipinski definition) is 2. The van der Waals surface area contributed by atoms with Crippen molar-refractivity contribution in [3.05, 3.63) is 23.3 Å². The van der Waals surface area contributed by atoms with E-state index >= 15 is 0 Å². The molecular weight excluding hydrogens is 294 g/mol. The molecule has 0 radical (unpaired) electrons. The van der Waals surface area contributed by atoms with Gasteiger partial charge in [-0.1, -0.05) is 38.0 Å². The van der Waals surface area contributed by atoms with E-state index in [9.17, 15) is 4.79 Å². The maximum Gasteiger partial charge on any atom is 0.139 e. The molecule has 0 N–H and O–H groups in total. The average molecular weight is 323 g/mol. The van der Waals surface area contributed by atoms with Crippen LogP contribution in [0.1, 0.15) is 65.7 Å². The van der Waals surface area contributed by atoms with Crippen molar-refractivity contribution in [1.29, 1.82) is 5.26 Å². The highest BCUT2D eigenvalue weighted by Gasteiger charge is 2.57. The largest absolute Gasteiger partial charge is 0.299 e. The lowest BCUT2D eigenvalue weighted by molar-refractivity contribution is -0.126. The summed E-state index contributed by atoms with van der Waals surface area (Å²) in [5, 5.41) is 9.15. The van der Waals surface area contributed by atoms with E-state index in [0.717, 1.165) is 37.0 Å². The third-order valence-electron chi connectivity index (χ3n) is 8.36. The lowest BCUT2D eigenvalue weighted by Crippen LogP contribution is -2.50. The number of carbonyl (C=O) groups is 1. The van der Waals surface area contributed by atoms with E-state index in [4.69, 9.17) is 5.26 Å². The molecule has 2 heteroatoms. The van der Waals surface area contributed by atoms with Crippen LogP contribution in [0.2, 0.25) is 0 Å². The fraction of sp³-hybridized carbons (Fsp3) is 0.727. The van der Waals surface area contributed by atoms with E-state index in [-0.39, 0.29) is 16.7 Å². The van der Waals surface area contributed by atoms with Crippen molar-refractivity contribution >= 4 is 5.78 Å². The Balaban J connectivity index is 1.70. The molecule has 0 bridgehead atoms. The summed E-state index contributed by atoms with van der Waals surface area (Å²) >= 11 is 0. The summed E-state index contributed by atoms with van der Waals surface area (Å²) in [5.41, 5.74) is 3.33. The van der Waals surface area contributed by atoms with Gasteiger partial charge in [0.25, 0.3) is 0 Å². The highest BCUT2D eigenvalue weighted by Crippen LogP contribution is 2.66. The van der Waals surface area contributed by atoms with Crippen LogP contribution in [-0.4, -0.2) is 5.78 Å². The predicted octanol–water partition coefficient (Wildman–Crippen LogP) is 5.21. The van der Waals surface area contributed by atoms with Crippen molar-refractivity contribution in [3.8, 4) is 6.07 Å². The molecule has 4 aliphatic carbocycles. The molecule has 3 unspecified atom stereocenters. The Hall–Kier alpha value is -1.36. The molecule has 0 aliphatic heterocycles. The van der Waals surface area contributed by atoms with Crippen LogP contribution in [-0.2, 0) is 4.79 Å². The summed E-state index contributed by atoms with van der Waals surface area (Å²) in [4.78, 5) is 12.2. The summed E-state index contributed by atoms with van der Waals surface area (Å²) in [6, 6.07) is 2.29. The minimum Gasteiger partial charge on any atom is -0.299 e. The van der Waals surface area contributed by atoms with Crippen molar-refractivity contribution in [1.82, 2.24) is 0 Å². The van der Waals surface area contributed by atoms with Gasteiger partial charge in [0.15, 0.2) is 0 Å². The van der Waals surface area contributed by atoms with Crippen LogP contribution < -0.4 is 0 Å². The van der Waals surface area contributed by atoms with E-state index < -0.39 is 0 Å². The summed E-state index contributed by atoms with van der Waals surface area (Å²) in [5.74, 6) is 2.85. The molecule has 0 aromatic carbocycles. The first-order valence-corrected chi connectivity index (χ1v) is 9.71. The number of hydrogen-bond donors (Lipinski definition) is 0. The zero-order valence-electron chi connectivity index (χ0n) is 15.3. The SMILES string of the molecule is C[C@H]1CC2(C)C(=CC[C@@H]3C2CC[C@]2(C)/C(=C\C#N)CCC32)CC1=O. The molecule has 0 heterocycles. The topological polar surface area (TPSA) is 40.9 Å². The average Bonchev–Trinajstić information content (AvgIpc) is 2.86. The van der Waals surface area contributed by atoms with Gasteiger partial charge in [0, 0.05) is 18.4 Å². The van der Waals surface area contributed by atoms with Crippen molar-refractivity contribution in [2.24, 2.45) is 34.5 Å². The molecule has 0 saturated heterocycles. The first kappa shape index (κ1) is 16.1. The van der Waals surface area contributed by atoms with Crippen LogP contribution >= 0.6 is 0 Å². The van der Waals surface area contributed by atoms with Gasteiger partial charge in [0.2, 0.25) is 0 Å². The van der Waals surface area contributed by atoms with Gasteiger partial charge in [-0.3, -0.25) is 4.79 Å². The number of Topliss-reactive ketones (excluding diaryl/α,β-unsaturated/α-hetero) is 1. The molecule has 24 heavy (non-hydrogen) atoms. The van der Waals surface area contributed by atoms with Crippen molar-refractivity contribution in [2.45, 2.75) is 65.7 Å². The predicted molar refractivity (Wildman–Crippen MR) is 95.0 cm³/mol. The highest BCUT2D eigenvalue weighted by atomic mass is 16.1. The van der Waals surface area contributed by atoms with Crippen molar-refractivity contribution in [3.63, 3.8) is 0 Å². The van der Waals surface area contributed by atoms with E-state index in [0.29, 0.717) is 12.2 Å². The van der Waals surface area contributed by atoms with Crippen molar-refractivity contribution < 1.29 is 4.79 Å². The third-order valence-corrected chi connectivity index (χ3v) is 8.36. The molecule has 0 spiro atoms. The smallest absolute Gasteiger partial charge is 0.139 e. The molecule has 3 fully saturated rings. The number of allylic oxidation sites excluding steroid dienone is 4. The van der Waals surface area contributed by atoms with Gasteiger partial charge in [-0.15, -0.1) is 0 Å². The zero-order chi connectivity index (χ0) is 17.1. The standard InChI is InChI=1S/C22H29NO/c1-14-13-22(3)16(12-20(14)24)4-6-17-18-7-5-15(9-11-23)21(18,2)10-8-19(17)22/h4,9,14,17-19H,5-8,10,12-13H2,1-3H3/b15-9-/t14-,17-,18?,19?,21+,22?/m0/s1. The van der Waals surface area contributed by atoms with Gasteiger partial charge in [0.05, 0.1) is 6.07 Å². The quantitative estimate of drug-likeness (QED) is 0.453. The Kier molecular flexibility index (Phi) is 3.57. The van der Waals surface area contributed by atoms with Gasteiger partial charge in [-0.25, -0.2) is 0 Å². The molecule has 3 saturated carbocycles. The second-order valence-corrected chi connectivity index (χ2v) is 9.30. The van der Waals surface area contributed by atoms with Crippen LogP contribution in [0.15, 0.2) is 23.3 Å². The summed E-state index contributed by atoms with van der Waals surface area (Å²) in [6.45, 7) is 6.99. The van der Waals surface area contributed by atoms with Crippen LogP contribution in [0.5, 0.6) is 0 Å². The summed E-state index contributed by atoms with van der Waals surface area (Å²) in [7, 11) is 0. The minimum atomic E-state index is 0.219. The summed E-state index contributed by atoms with van der Waals surface area (Å²) < 4.78 is 0. The normalized spacial score (nSPS) is 49.0. The molecule has 0 amide bonds. The van der Waals surface area contributed by atoms with Gasteiger partial charge in [0.1, 0.15) is 5.78 Å². The first-order valence-electron chi connectivity index (χ1n) is 9.71. The van der Waals surface area contributed by atoms with Gasteiger partial charge in [-0.05, 0) is 67.1 Å². The highest BCUT2D eigenvalue weighted by molar-refractivity contribution is 5.84. The lowest BCUT2D eigenvalue weighted by Gasteiger charge is -2.57. The lowest BCUT2D eigenvalue weighted by atomic mass is 9.47. The Morgan fingerprint density at radius 1 is 1.25 bits per heavy atom. The van der Waals surface area contributed by atoms with E-state index in [1.807, 2.05) is 6.08 Å². The zero-order valence-corrected chi connectivity index (χ0v) is 15.3.